The normalized spacial score (nSPS) is 15.7. The lowest BCUT2D eigenvalue weighted by molar-refractivity contribution is -0.182. The van der Waals surface area contributed by atoms with Crippen molar-refractivity contribution in [2.24, 2.45) is 0 Å². The molecule has 0 bridgehead atoms. The molecule has 6 nitrogen and oxygen atoms in total. The lowest BCUT2D eigenvalue weighted by atomic mass is 9.99. The smallest absolute Gasteiger partial charge is 0.334 e. The minimum absolute atomic E-state index is 0.493. The fourth-order valence-corrected chi connectivity index (χ4v) is 5.03. The predicted molar refractivity (Wildman–Crippen MR) is 146 cm³/mol. The summed E-state index contributed by atoms with van der Waals surface area (Å²) in [5, 5.41) is 9.14. The number of piperidine rings is 1. The van der Waals surface area contributed by atoms with E-state index in [0.717, 1.165) is 61.4 Å². The number of aliphatic carboxylic acids is 1. The number of hydrogen-bond donors (Lipinski definition) is 1. The molecule has 1 fully saturated rings. The number of rotatable bonds is 10. The molecule has 37 heavy (non-hydrogen) atoms. The Hall–Kier alpha value is -3.90. The van der Waals surface area contributed by atoms with Gasteiger partial charge in [-0.25, -0.2) is 14.5 Å². The maximum absolute atomic E-state index is 13.2. The lowest BCUT2D eigenvalue weighted by Gasteiger charge is -2.51. The molecule has 1 N–H and O–H groups in total. The molecule has 1 heterocycles. The molecule has 0 aromatic heterocycles. The number of carboxylic acids is 1. The molecule has 1 atom stereocenters. The third kappa shape index (κ3) is 6.66. The number of esters is 1. The molecule has 1 aliphatic rings. The Morgan fingerprint density at radius 2 is 1.51 bits per heavy atom. The Morgan fingerprint density at radius 1 is 0.892 bits per heavy atom. The van der Waals surface area contributed by atoms with Crippen LogP contribution in [-0.4, -0.2) is 40.9 Å². The highest BCUT2D eigenvalue weighted by Gasteiger charge is 2.47. The average molecular weight is 499 g/mol. The van der Waals surface area contributed by atoms with Gasteiger partial charge in [-0.15, -0.1) is 0 Å². The maximum Gasteiger partial charge on any atom is 0.334 e. The molecule has 0 aliphatic carbocycles. The van der Waals surface area contributed by atoms with E-state index in [1.807, 2.05) is 66.7 Å². The van der Waals surface area contributed by atoms with Crippen LogP contribution in [0.2, 0.25) is 0 Å². The Balaban J connectivity index is 1.87. The Kier molecular flexibility index (Phi) is 8.75. The Morgan fingerprint density at radius 3 is 2.08 bits per heavy atom. The van der Waals surface area contributed by atoms with Gasteiger partial charge < -0.3 is 9.84 Å². The summed E-state index contributed by atoms with van der Waals surface area (Å²) in [4.78, 5) is 28.7. The first-order chi connectivity index (χ1) is 18.0. The van der Waals surface area contributed by atoms with Crippen LogP contribution in [0, 0.1) is 6.92 Å². The zero-order chi connectivity index (χ0) is 26.1. The predicted octanol–water partition coefficient (Wildman–Crippen LogP) is 6.09. The second-order valence-corrected chi connectivity index (χ2v) is 9.38. The van der Waals surface area contributed by atoms with Gasteiger partial charge in [0.2, 0.25) is 0 Å². The van der Waals surface area contributed by atoms with Gasteiger partial charge in [0.05, 0.1) is 0 Å². The van der Waals surface area contributed by atoms with Crippen molar-refractivity contribution < 1.29 is 19.4 Å². The van der Waals surface area contributed by atoms with E-state index in [2.05, 4.69) is 34.9 Å². The number of carbonyl (C=O) groups excluding carboxylic acids is 1. The van der Waals surface area contributed by atoms with Crippen molar-refractivity contribution in [3.8, 4) is 0 Å². The van der Waals surface area contributed by atoms with E-state index in [1.54, 1.807) is 0 Å². The number of hydrogen-bond acceptors (Lipinski definition) is 5. The largest absolute Gasteiger partial charge is 0.478 e. The van der Waals surface area contributed by atoms with Crippen LogP contribution in [0.5, 0.6) is 0 Å². The van der Waals surface area contributed by atoms with E-state index in [4.69, 9.17) is 9.84 Å². The van der Waals surface area contributed by atoms with Crippen LogP contribution in [0.1, 0.15) is 36.8 Å². The van der Waals surface area contributed by atoms with Crippen LogP contribution >= 0.6 is 0 Å². The molecular formula is C31H34N2O4. The van der Waals surface area contributed by atoms with Crippen molar-refractivity contribution in [1.29, 1.82) is 0 Å². The van der Waals surface area contributed by atoms with E-state index in [1.165, 1.54) is 5.56 Å². The summed E-state index contributed by atoms with van der Waals surface area (Å²) in [5.74, 6) is -3.05. The number of likely N-dealkylation sites (tertiary alicyclic amines) is 1. The summed E-state index contributed by atoms with van der Waals surface area (Å²) in [5.41, 5.74) is 4.10. The van der Waals surface area contributed by atoms with Crippen LogP contribution in [0.4, 0.5) is 11.4 Å². The fraction of sp³-hybridized carbons (Fsp3) is 0.290. The summed E-state index contributed by atoms with van der Waals surface area (Å²) in [6.45, 7) is 3.60. The molecule has 4 rings (SSSR count). The Labute approximate surface area is 218 Å². The van der Waals surface area contributed by atoms with Crippen molar-refractivity contribution in [2.75, 3.05) is 18.0 Å². The van der Waals surface area contributed by atoms with Crippen molar-refractivity contribution in [1.82, 2.24) is 4.90 Å². The number of anilines is 2. The highest BCUT2D eigenvalue weighted by molar-refractivity contribution is 5.91. The van der Waals surface area contributed by atoms with Gasteiger partial charge in [-0.3, -0.25) is 4.90 Å². The summed E-state index contributed by atoms with van der Waals surface area (Å²) in [7, 11) is 0. The third-order valence-electron chi connectivity index (χ3n) is 6.68. The average Bonchev–Trinajstić information content (AvgIpc) is 2.92. The van der Waals surface area contributed by atoms with Gasteiger partial charge in [-0.05, 0) is 56.0 Å². The van der Waals surface area contributed by atoms with Gasteiger partial charge in [0, 0.05) is 43.0 Å². The van der Waals surface area contributed by atoms with Crippen LogP contribution in [0.3, 0.4) is 0 Å². The molecule has 6 heteroatoms. The minimum Gasteiger partial charge on any atom is -0.478 e. The van der Waals surface area contributed by atoms with E-state index in [9.17, 15) is 9.59 Å². The molecule has 0 spiro atoms. The number of carboxylic acid groups (broad SMARTS) is 1. The third-order valence-corrected chi connectivity index (χ3v) is 6.68. The topological polar surface area (TPSA) is 70.1 Å². The molecule has 192 valence electrons. The number of nitrogens with zero attached hydrogens (tertiary/aromatic N) is 2. The van der Waals surface area contributed by atoms with Crippen molar-refractivity contribution >= 4 is 23.3 Å². The Bertz CT molecular complexity index is 1170. The van der Waals surface area contributed by atoms with Gasteiger partial charge in [0.25, 0.3) is 5.85 Å². The van der Waals surface area contributed by atoms with Crippen LogP contribution in [0.15, 0.2) is 97.1 Å². The van der Waals surface area contributed by atoms with Crippen LogP contribution in [-0.2, 0) is 20.7 Å². The zero-order valence-corrected chi connectivity index (χ0v) is 21.3. The second kappa shape index (κ2) is 12.4. The minimum atomic E-state index is -1.19. The quantitative estimate of drug-likeness (QED) is 0.207. The number of benzene rings is 3. The van der Waals surface area contributed by atoms with Crippen molar-refractivity contribution in [3.63, 3.8) is 0 Å². The fourth-order valence-electron chi connectivity index (χ4n) is 5.03. The van der Waals surface area contributed by atoms with Gasteiger partial charge in [-0.2, -0.15) is 0 Å². The molecule has 0 radical (unpaired) electrons. The van der Waals surface area contributed by atoms with E-state index >= 15 is 0 Å². The van der Waals surface area contributed by atoms with Gasteiger partial charge in [-0.1, -0.05) is 72.6 Å². The SMILES string of the molecule is Cc1cccc(CCC(OC(=O)C=CC(=O)O)(N2CCCCC2)N(c2ccccc2)c2ccccc2)c1. The van der Waals surface area contributed by atoms with E-state index in [0.29, 0.717) is 12.8 Å². The molecule has 1 unspecified atom stereocenters. The molecule has 0 saturated carbocycles. The van der Waals surface area contributed by atoms with Crippen LogP contribution in [0.25, 0.3) is 0 Å². The first kappa shape index (κ1) is 26.2. The molecule has 3 aromatic rings. The summed E-state index contributed by atoms with van der Waals surface area (Å²) in [6, 6.07) is 28.2. The van der Waals surface area contributed by atoms with E-state index in [-0.39, 0.29) is 0 Å². The summed E-state index contributed by atoms with van der Waals surface area (Å²) >= 11 is 0. The van der Waals surface area contributed by atoms with Gasteiger partial charge in [0.15, 0.2) is 0 Å². The first-order valence-electron chi connectivity index (χ1n) is 12.8. The number of carbonyl (C=O) groups is 2. The standard InChI is InChI=1S/C31H34N2O4/c1-25-12-11-13-26(24-25)20-21-31(32-22-9-4-10-23-32,37-30(36)19-18-29(34)35)33(27-14-5-2-6-15-27)28-16-7-3-8-17-28/h2-3,5-8,11-19,24H,4,9-10,20-23H2,1H3,(H,34,35). The van der Waals surface area contributed by atoms with E-state index < -0.39 is 17.8 Å². The van der Waals surface area contributed by atoms with Crippen molar-refractivity contribution in [3.05, 3.63) is 108 Å². The highest BCUT2D eigenvalue weighted by Crippen LogP contribution is 2.40. The summed E-state index contributed by atoms with van der Waals surface area (Å²) in [6.07, 6.45) is 6.10. The molecule has 1 aliphatic heterocycles. The number of ether oxygens (including phenoxy) is 1. The lowest BCUT2D eigenvalue weighted by Crippen LogP contribution is -2.63. The second-order valence-electron chi connectivity index (χ2n) is 9.38. The monoisotopic (exact) mass is 498 g/mol. The number of aryl methyl sites for hydroxylation is 2. The molecule has 1 saturated heterocycles. The molecular weight excluding hydrogens is 464 g/mol. The van der Waals surface area contributed by atoms with Crippen LogP contribution < -0.4 is 4.90 Å². The number of para-hydroxylation sites is 2. The van der Waals surface area contributed by atoms with Gasteiger partial charge in [0.1, 0.15) is 0 Å². The first-order valence-corrected chi connectivity index (χ1v) is 12.8. The highest BCUT2D eigenvalue weighted by atomic mass is 16.6. The molecule has 0 amide bonds. The van der Waals surface area contributed by atoms with Crippen molar-refractivity contribution in [2.45, 2.75) is 44.9 Å². The molecule has 3 aromatic carbocycles. The maximum atomic E-state index is 13.2. The zero-order valence-electron chi connectivity index (χ0n) is 21.3. The summed E-state index contributed by atoms with van der Waals surface area (Å²) < 4.78 is 6.41. The van der Waals surface area contributed by atoms with Gasteiger partial charge >= 0.3 is 11.9 Å².